The van der Waals surface area contributed by atoms with Gasteiger partial charge in [-0.05, 0) is 32.7 Å². The van der Waals surface area contributed by atoms with E-state index in [0.717, 1.165) is 13.0 Å². The van der Waals surface area contributed by atoms with E-state index >= 15 is 0 Å². The van der Waals surface area contributed by atoms with Crippen LogP contribution in [0.1, 0.15) is 25.7 Å². The molecular weight excluding hydrogens is 166 g/mol. The zero-order valence-electron chi connectivity index (χ0n) is 8.93. The van der Waals surface area contributed by atoms with E-state index in [2.05, 4.69) is 5.32 Å². The Balaban J connectivity index is 2.34. The number of hydrogen-bond donors (Lipinski definition) is 1. The molecular formula is C10H21NO2. The number of rotatable bonds is 6. The molecule has 1 atom stereocenters. The first-order valence-electron chi connectivity index (χ1n) is 4.98. The van der Waals surface area contributed by atoms with Crippen LogP contribution < -0.4 is 5.32 Å². The molecule has 1 fully saturated rings. The molecule has 1 N–H and O–H groups in total. The minimum atomic E-state index is 0.145. The molecule has 1 unspecified atom stereocenters. The first kappa shape index (κ1) is 11.0. The molecule has 3 nitrogen and oxygen atoms in total. The van der Waals surface area contributed by atoms with Gasteiger partial charge in [0.25, 0.3) is 0 Å². The van der Waals surface area contributed by atoms with Crippen molar-refractivity contribution >= 4 is 0 Å². The van der Waals surface area contributed by atoms with Crippen LogP contribution in [0.15, 0.2) is 0 Å². The van der Waals surface area contributed by atoms with Gasteiger partial charge in [-0.25, -0.2) is 0 Å². The van der Waals surface area contributed by atoms with E-state index in [1.165, 1.54) is 19.3 Å². The van der Waals surface area contributed by atoms with E-state index in [-0.39, 0.29) is 5.60 Å². The smallest absolute Gasteiger partial charge is 0.0694 e. The van der Waals surface area contributed by atoms with E-state index in [4.69, 9.17) is 9.47 Å². The maximum Gasteiger partial charge on any atom is 0.0694 e. The van der Waals surface area contributed by atoms with Crippen molar-refractivity contribution in [3.05, 3.63) is 0 Å². The first-order chi connectivity index (χ1) is 6.26. The maximum absolute atomic E-state index is 5.56. The zero-order valence-corrected chi connectivity index (χ0v) is 8.93. The number of likely N-dealkylation sites (N-methyl/N-ethyl adjacent to an activating group) is 1. The summed E-state index contributed by atoms with van der Waals surface area (Å²) < 4.78 is 10.7. The molecule has 0 aromatic rings. The summed E-state index contributed by atoms with van der Waals surface area (Å²) in [5.74, 6) is 0. The van der Waals surface area contributed by atoms with Crippen LogP contribution in [0, 0.1) is 0 Å². The van der Waals surface area contributed by atoms with E-state index in [0.29, 0.717) is 6.04 Å². The second-order valence-electron chi connectivity index (χ2n) is 3.89. The first-order valence-corrected chi connectivity index (χ1v) is 4.98. The van der Waals surface area contributed by atoms with Gasteiger partial charge in [0.15, 0.2) is 0 Å². The summed E-state index contributed by atoms with van der Waals surface area (Å²) in [6.07, 6.45) is 4.77. The summed E-state index contributed by atoms with van der Waals surface area (Å²) in [5.41, 5.74) is 0.145. The fraction of sp³-hybridized carbons (Fsp3) is 1.00. The molecule has 0 spiro atoms. The maximum atomic E-state index is 5.56. The van der Waals surface area contributed by atoms with Gasteiger partial charge in [0, 0.05) is 20.3 Å². The third kappa shape index (κ3) is 2.66. The molecule has 1 saturated carbocycles. The highest BCUT2D eigenvalue weighted by Gasteiger charge is 2.38. The molecule has 0 aromatic heterocycles. The number of hydrogen-bond acceptors (Lipinski definition) is 3. The highest BCUT2D eigenvalue weighted by Crippen LogP contribution is 2.38. The van der Waals surface area contributed by atoms with Crippen LogP contribution in [0.4, 0.5) is 0 Å². The summed E-state index contributed by atoms with van der Waals surface area (Å²) in [6.45, 7) is 0.765. The van der Waals surface area contributed by atoms with Gasteiger partial charge in [-0.1, -0.05) is 0 Å². The lowest BCUT2D eigenvalue weighted by Gasteiger charge is -2.42. The van der Waals surface area contributed by atoms with Crippen molar-refractivity contribution in [1.82, 2.24) is 5.32 Å². The molecule has 0 aromatic carbocycles. The summed E-state index contributed by atoms with van der Waals surface area (Å²) >= 11 is 0. The highest BCUT2D eigenvalue weighted by molar-refractivity contribution is 4.92. The predicted octanol–water partition coefficient (Wildman–Crippen LogP) is 1.18. The molecule has 0 amide bonds. The Bertz CT molecular complexity index is 140. The molecule has 0 aliphatic heterocycles. The van der Waals surface area contributed by atoms with Crippen LogP contribution in [-0.4, -0.2) is 39.5 Å². The second kappa shape index (κ2) is 4.94. The van der Waals surface area contributed by atoms with Crippen molar-refractivity contribution in [2.24, 2.45) is 0 Å². The fourth-order valence-corrected chi connectivity index (χ4v) is 1.96. The van der Waals surface area contributed by atoms with E-state index < -0.39 is 0 Å². The third-order valence-electron chi connectivity index (χ3n) is 3.09. The Hall–Kier alpha value is -0.120. The number of methoxy groups -OCH3 is 2. The third-order valence-corrected chi connectivity index (χ3v) is 3.09. The largest absolute Gasteiger partial charge is 0.383 e. The molecule has 78 valence electrons. The molecule has 3 heteroatoms. The summed E-state index contributed by atoms with van der Waals surface area (Å²) in [4.78, 5) is 0. The normalized spacial score (nSPS) is 22.4. The van der Waals surface area contributed by atoms with E-state index in [1.54, 1.807) is 7.11 Å². The van der Waals surface area contributed by atoms with Gasteiger partial charge >= 0.3 is 0 Å². The average Bonchev–Trinajstić information content (AvgIpc) is 2.09. The van der Waals surface area contributed by atoms with Gasteiger partial charge in [-0.15, -0.1) is 0 Å². The predicted molar refractivity (Wildman–Crippen MR) is 52.9 cm³/mol. The van der Waals surface area contributed by atoms with Crippen LogP contribution in [0.5, 0.6) is 0 Å². The number of ether oxygens (including phenoxy) is 2. The van der Waals surface area contributed by atoms with Crippen LogP contribution in [-0.2, 0) is 9.47 Å². The van der Waals surface area contributed by atoms with E-state index in [1.807, 2.05) is 14.2 Å². The lowest BCUT2D eigenvalue weighted by atomic mass is 9.76. The minimum Gasteiger partial charge on any atom is -0.383 e. The monoisotopic (exact) mass is 187 g/mol. The van der Waals surface area contributed by atoms with Gasteiger partial charge in [0.1, 0.15) is 0 Å². The van der Waals surface area contributed by atoms with E-state index in [9.17, 15) is 0 Å². The SMILES string of the molecule is CNC(COC)CC1(OC)CCC1. The van der Waals surface area contributed by atoms with Crippen molar-refractivity contribution in [2.75, 3.05) is 27.9 Å². The molecule has 0 bridgehead atoms. The lowest BCUT2D eigenvalue weighted by Crippen LogP contribution is -2.46. The van der Waals surface area contributed by atoms with Gasteiger partial charge in [-0.3, -0.25) is 0 Å². The standard InChI is InChI=1S/C10H21NO2/c1-11-9(8-12-2)7-10(13-3)5-4-6-10/h9,11H,4-8H2,1-3H3. The van der Waals surface area contributed by atoms with Gasteiger partial charge in [0.2, 0.25) is 0 Å². The van der Waals surface area contributed by atoms with Gasteiger partial charge in [0.05, 0.1) is 12.2 Å². The quantitative estimate of drug-likeness (QED) is 0.677. The van der Waals surface area contributed by atoms with Crippen LogP contribution in [0.3, 0.4) is 0 Å². The Labute approximate surface area is 80.8 Å². The molecule has 0 radical (unpaired) electrons. The number of nitrogens with one attached hydrogen (secondary N) is 1. The lowest BCUT2D eigenvalue weighted by molar-refractivity contribution is -0.0866. The van der Waals surface area contributed by atoms with Crippen LogP contribution in [0.25, 0.3) is 0 Å². The molecule has 0 heterocycles. The molecule has 1 aliphatic rings. The molecule has 0 saturated heterocycles. The topological polar surface area (TPSA) is 30.5 Å². The Morgan fingerprint density at radius 2 is 2.08 bits per heavy atom. The zero-order chi connectivity index (χ0) is 9.73. The Kier molecular flexibility index (Phi) is 4.16. The van der Waals surface area contributed by atoms with Crippen LogP contribution in [0.2, 0.25) is 0 Å². The second-order valence-corrected chi connectivity index (χ2v) is 3.89. The van der Waals surface area contributed by atoms with Crippen molar-refractivity contribution in [3.63, 3.8) is 0 Å². The molecule has 13 heavy (non-hydrogen) atoms. The van der Waals surface area contributed by atoms with Gasteiger partial charge in [-0.2, -0.15) is 0 Å². The summed E-state index contributed by atoms with van der Waals surface area (Å²) in [5, 5.41) is 3.26. The van der Waals surface area contributed by atoms with Crippen molar-refractivity contribution in [2.45, 2.75) is 37.3 Å². The molecule has 1 aliphatic carbocycles. The van der Waals surface area contributed by atoms with Crippen LogP contribution >= 0.6 is 0 Å². The Morgan fingerprint density at radius 3 is 2.38 bits per heavy atom. The Morgan fingerprint density at radius 1 is 1.38 bits per heavy atom. The highest BCUT2D eigenvalue weighted by atomic mass is 16.5. The fourth-order valence-electron chi connectivity index (χ4n) is 1.96. The minimum absolute atomic E-state index is 0.145. The van der Waals surface area contributed by atoms with Crippen molar-refractivity contribution in [3.8, 4) is 0 Å². The van der Waals surface area contributed by atoms with Gasteiger partial charge < -0.3 is 14.8 Å². The molecule has 1 rings (SSSR count). The average molecular weight is 187 g/mol. The van der Waals surface area contributed by atoms with Crippen molar-refractivity contribution < 1.29 is 9.47 Å². The summed E-state index contributed by atoms with van der Waals surface area (Å²) in [7, 11) is 5.54. The van der Waals surface area contributed by atoms with Crippen molar-refractivity contribution in [1.29, 1.82) is 0 Å². The summed E-state index contributed by atoms with van der Waals surface area (Å²) in [6, 6.07) is 0.422.